The van der Waals surface area contributed by atoms with Gasteiger partial charge in [-0.25, -0.2) is 0 Å². The number of ether oxygens (including phenoxy) is 2. The molecule has 6 heteroatoms. The van der Waals surface area contributed by atoms with Gasteiger partial charge in [-0.2, -0.15) is 0 Å². The molecule has 4 rings (SSSR count). The summed E-state index contributed by atoms with van der Waals surface area (Å²) in [4.78, 5) is 16.8. The molecule has 3 aliphatic heterocycles. The molecule has 2 saturated heterocycles. The Balaban J connectivity index is 1.17. The summed E-state index contributed by atoms with van der Waals surface area (Å²) in [6.07, 6.45) is 3.42. The smallest absolute Gasteiger partial charge is 0.234 e. The van der Waals surface area contributed by atoms with Crippen molar-refractivity contribution in [3.8, 4) is 5.75 Å². The first-order valence-electron chi connectivity index (χ1n) is 9.84. The maximum absolute atomic E-state index is 12.1. The molecule has 3 heterocycles. The molecule has 6 nitrogen and oxygen atoms in total. The highest BCUT2D eigenvalue weighted by Crippen LogP contribution is 2.26. The largest absolute Gasteiger partial charge is 0.493 e. The average molecular weight is 359 g/mol. The van der Waals surface area contributed by atoms with Crippen molar-refractivity contribution in [1.82, 2.24) is 15.1 Å². The lowest BCUT2D eigenvalue weighted by atomic mass is 10.1. The number of carbonyl (C=O) groups is 1. The van der Waals surface area contributed by atoms with E-state index in [1.165, 1.54) is 11.1 Å². The minimum atomic E-state index is 0.118. The number of piperazine rings is 1. The monoisotopic (exact) mass is 359 g/mol. The number of carbonyl (C=O) groups excluding carboxylic acids is 1. The van der Waals surface area contributed by atoms with E-state index in [-0.39, 0.29) is 12.0 Å². The highest BCUT2D eigenvalue weighted by molar-refractivity contribution is 5.78. The lowest BCUT2D eigenvalue weighted by molar-refractivity contribution is -0.123. The van der Waals surface area contributed by atoms with E-state index in [0.29, 0.717) is 13.1 Å². The fourth-order valence-electron chi connectivity index (χ4n) is 3.99. The van der Waals surface area contributed by atoms with Crippen LogP contribution in [-0.4, -0.2) is 74.3 Å². The van der Waals surface area contributed by atoms with Gasteiger partial charge in [-0.1, -0.05) is 12.1 Å². The summed E-state index contributed by atoms with van der Waals surface area (Å²) in [5.41, 5.74) is 2.70. The molecule has 0 saturated carbocycles. The first-order valence-corrected chi connectivity index (χ1v) is 9.84. The number of rotatable bonds is 6. The second kappa shape index (κ2) is 8.37. The second-order valence-corrected chi connectivity index (χ2v) is 7.53. The number of hydrogen-bond donors (Lipinski definition) is 1. The lowest BCUT2D eigenvalue weighted by Gasteiger charge is -2.34. The van der Waals surface area contributed by atoms with E-state index in [9.17, 15) is 4.79 Å². The molecular formula is C20H29N3O3. The van der Waals surface area contributed by atoms with Gasteiger partial charge in [-0.15, -0.1) is 0 Å². The number of fused-ring (bicyclic) bond motifs is 1. The minimum Gasteiger partial charge on any atom is -0.493 e. The summed E-state index contributed by atoms with van der Waals surface area (Å²) in [5.74, 6) is 1.17. The lowest BCUT2D eigenvalue weighted by Crippen LogP contribution is -2.49. The zero-order valence-electron chi connectivity index (χ0n) is 15.4. The number of benzene rings is 1. The summed E-state index contributed by atoms with van der Waals surface area (Å²) in [7, 11) is 0. The fourth-order valence-corrected chi connectivity index (χ4v) is 3.99. The molecule has 0 spiro atoms. The first-order chi connectivity index (χ1) is 12.8. The number of nitrogens with zero attached hydrogens (tertiary/aromatic N) is 2. The Morgan fingerprint density at radius 1 is 1.15 bits per heavy atom. The Hall–Kier alpha value is -1.63. The zero-order chi connectivity index (χ0) is 17.8. The van der Waals surface area contributed by atoms with E-state index in [0.717, 1.165) is 70.9 Å². The molecule has 0 radical (unpaired) electrons. The highest BCUT2D eigenvalue weighted by atomic mass is 16.5. The Kier molecular flexibility index (Phi) is 5.72. The molecule has 0 aliphatic carbocycles. The van der Waals surface area contributed by atoms with Crippen LogP contribution in [-0.2, 0) is 22.5 Å². The Labute approximate surface area is 155 Å². The molecule has 0 aromatic heterocycles. The van der Waals surface area contributed by atoms with E-state index in [1.54, 1.807) is 0 Å². The molecule has 1 aromatic rings. The van der Waals surface area contributed by atoms with Crippen LogP contribution < -0.4 is 10.1 Å². The van der Waals surface area contributed by atoms with Gasteiger partial charge in [0.25, 0.3) is 0 Å². The van der Waals surface area contributed by atoms with Gasteiger partial charge in [0.1, 0.15) is 5.75 Å². The van der Waals surface area contributed by atoms with Crippen LogP contribution in [0.25, 0.3) is 0 Å². The Bertz CT molecular complexity index is 623. The molecular weight excluding hydrogens is 330 g/mol. The third-order valence-electron chi connectivity index (χ3n) is 5.54. The molecule has 1 N–H and O–H groups in total. The molecule has 0 bridgehead atoms. The summed E-state index contributed by atoms with van der Waals surface area (Å²) < 4.78 is 11.1. The molecule has 26 heavy (non-hydrogen) atoms. The first kappa shape index (κ1) is 17.8. The van der Waals surface area contributed by atoms with E-state index in [1.807, 2.05) is 0 Å². The summed E-state index contributed by atoms with van der Waals surface area (Å²) in [6.45, 7) is 7.68. The molecule has 1 amide bonds. The standard InChI is InChI=1S/C20H29N3O3/c24-20(21-13-18-2-1-10-25-18)15-23-8-6-22(7-9-23)14-16-3-4-19-17(12-16)5-11-26-19/h3-4,12,18H,1-2,5-11,13-15H2,(H,21,24)/t18-/m0/s1. The summed E-state index contributed by atoms with van der Waals surface area (Å²) >= 11 is 0. The van der Waals surface area contributed by atoms with Crippen molar-refractivity contribution >= 4 is 5.91 Å². The number of nitrogens with one attached hydrogen (secondary N) is 1. The SMILES string of the molecule is O=C(CN1CCN(Cc2ccc3c(c2)CCO3)CC1)NC[C@@H]1CCCO1. The third-order valence-corrected chi connectivity index (χ3v) is 5.54. The maximum Gasteiger partial charge on any atom is 0.234 e. The normalized spacial score (nSPS) is 23.6. The predicted octanol–water partition coefficient (Wildman–Crippen LogP) is 1.03. The highest BCUT2D eigenvalue weighted by Gasteiger charge is 2.21. The van der Waals surface area contributed by atoms with Crippen molar-refractivity contribution < 1.29 is 14.3 Å². The van der Waals surface area contributed by atoms with E-state index in [4.69, 9.17) is 9.47 Å². The average Bonchev–Trinajstić information content (AvgIpc) is 3.33. The molecule has 3 aliphatic rings. The van der Waals surface area contributed by atoms with Gasteiger partial charge in [0.15, 0.2) is 0 Å². The fraction of sp³-hybridized carbons (Fsp3) is 0.650. The quantitative estimate of drug-likeness (QED) is 0.822. The van der Waals surface area contributed by atoms with Crippen molar-refractivity contribution in [2.45, 2.75) is 31.9 Å². The minimum absolute atomic E-state index is 0.118. The number of hydrogen-bond acceptors (Lipinski definition) is 5. The van der Waals surface area contributed by atoms with Crippen LogP contribution in [0.15, 0.2) is 18.2 Å². The van der Waals surface area contributed by atoms with Gasteiger partial charge >= 0.3 is 0 Å². The topological polar surface area (TPSA) is 54.0 Å². The maximum atomic E-state index is 12.1. The van der Waals surface area contributed by atoms with Crippen LogP contribution in [0, 0.1) is 0 Å². The zero-order valence-corrected chi connectivity index (χ0v) is 15.4. The molecule has 1 atom stereocenters. The number of amides is 1. The van der Waals surface area contributed by atoms with Crippen molar-refractivity contribution in [1.29, 1.82) is 0 Å². The van der Waals surface area contributed by atoms with Gasteiger partial charge in [0.05, 0.1) is 19.3 Å². The van der Waals surface area contributed by atoms with Crippen LogP contribution in [0.4, 0.5) is 0 Å². The van der Waals surface area contributed by atoms with Crippen LogP contribution >= 0.6 is 0 Å². The third kappa shape index (κ3) is 4.55. The van der Waals surface area contributed by atoms with Gasteiger partial charge < -0.3 is 14.8 Å². The Morgan fingerprint density at radius 3 is 2.81 bits per heavy atom. The summed E-state index contributed by atoms with van der Waals surface area (Å²) in [5, 5.41) is 3.02. The van der Waals surface area contributed by atoms with Crippen molar-refractivity contribution in [3.63, 3.8) is 0 Å². The summed E-state index contributed by atoms with van der Waals surface area (Å²) in [6, 6.07) is 6.56. The van der Waals surface area contributed by atoms with Crippen LogP contribution in [0.3, 0.4) is 0 Å². The van der Waals surface area contributed by atoms with Crippen molar-refractivity contribution in [3.05, 3.63) is 29.3 Å². The van der Waals surface area contributed by atoms with E-state index < -0.39 is 0 Å². The van der Waals surface area contributed by atoms with Crippen molar-refractivity contribution in [2.24, 2.45) is 0 Å². The molecule has 0 unspecified atom stereocenters. The van der Waals surface area contributed by atoms with Crippen LogP contribution in [0.1, 0.15) is 24.0 Å². The van der Waals surface area contributed by atoms with Crippen molar-refractivity contribution in [2.75, 3.05) is 52.5 Å². The van der Waals surface area contributed by atoms with Gasteiger partial charge in [-0.3, -0.25) is 14.6 Å². The molecule has 1 aromatic carbocycles. The predicted molar refractivity (Wildman–Crippen MR) is 99.3 cm³/mol. The van der Waals surface area contributed by atoms with Crippen LogP contribution in [0.2, 0.25) is 0 Å². The molecule has 2 fully saturated rings. The van der Waals surface area contributed by atoms with E-state index >= 15 is 0 Å². The van der Waals surface area contributed by atoms with Gasteiger partial charge in [-0.05, 0) is 30.0 Å². The molecule has 142 valence electrons. The van der Waals surface area contributed by atoms with E-state index in [2.05, 4.69) is 33.3 Å². The van der Waals surface area contributed by atoms with Gasteiger partial charge in [0.2, 0.25) is 5.91 Å². The van der Waals surface area contributed by atoms with Crippen LogP contribution in [0.5, 0.6) is 5.75 Å². The second-order valence-electron chi connectivity index (χ2n) is 7.53. The van der Waals surface area contributed by atoms with Gasteiger partial charge in [0, 0.05) is 52.3 Å². The Morgan fingerprint density at radius 2 is 2.00 bits per heavy atom.